The van der Waals surface area contributed by atoms with Crippen molar-refractivity contribution in [3.05, 3.63) is 45.7 Å². The van der Waals surface area contributed by atoms with E-state index in [4.69, 9.17) is 33.7 Å². The highest BCUT2D eigenvalue weighted by Gasteiger charge is 2.31. The number of halogens is 3. The van der Waals surface area contributed by atoms with Crippen LogP contribution in [0.25, 0.3) is 11.1 Å². The number of carbonyl (C=O) groups excluding carboxylic acids is 1. The van der Waals surface area contributed by atoms with Crippen molar-refractivity contribution in [2.75, 3.05) is 0 Å². The Morgan fingerprint density at radius 3 is 2.50 bits per heavy atom. The van der Waals surface area contributed by atoms with Crippen LogP contribution in [0.4, 0.5) is 4.39 Å². The van der Waals surface area contributed by atoms with Gasteiger partial charge in [0.1, 0.15) is 17.3 Å². The minimum absolute atomic E-state index is 0.109. The van der Waals surface area contributed by atoms with Gasteiger partial charge in [0.05, 0.1) is 10.0 Å². The van der Waals surface area contributed by atoms with Crippen LogP contribution in [-0.2, 0) is 11.2 Å². The topological polar surface area (TPSA) is 72.6 Å². The normalized spacial score (nSPS) is 16.2. The third-order valence-electron chi connectivity index (χ3n) is 3.41. The van der Waals surface area contributed by atoms with E-state index in [9.17, 15) is 14.3 Å². The van der Waals surface area contributed by atoms with Gasteiger partial charge in [0.25, 0.3) is 5.91 Å². The van der Waals surface area contributed by atoms with E-state index in [1.165, 1.54) is 24.3 Å². The van der Waals surface area contributed by atoms with Gasteiger partial charge in [-0.2, -0.15) is 0 Å². The third-order valence-corrected chi connectivity index (χ3v) is 4.01. The minimum Gasteiger partial charge on any atom is -0.508 e. The number of hydrogen-bond acceptors (Lipinski definition) is 3. The summed E-state index contributed by atoms with van der Waals surface area (Å²) in [6.45, 7) is 0. The van der Waals surface area contributed by atoms with Gasteiger partial charge in [0, 0.05) is 23.1 Å². The average molecular weight is 342 g/mol. The molecule has 0 spiro atoms. The lowest BCUT2D eigenvalue weighted by Gasteiger charge is -2.13. The Morgan fingerprint density at radius 2 is 1.91 bits per heavy atom. The average Bonchev–Trinajstić information content (AvgIpc) is 2.81. The molecule has 0 radical (unpaired) electrons. The number of primary amides is 1. The number of phenolic OH excluding ortho intramolecular Hbond substituents is 1. The Bertz CT molecular complexity index is 772. The molecule has 1 amide bonds. The van der Waals surface area contributed by atoms with Crippen molar-refractivity contribution in [1.29, 1.82) is 0 Å². The van der Waals surface area contributed by atoms with E-state index >= 15 is 0 Å². The van der Waals surface area contributed by atoms with E-state index in [1.807, 2.05) is 0 Å². The fraction of sp³-hybridized carbons (Fsp3) is 0.133. The molecule has 0 saturated heterocycles. The van der Waals surface area contributed by atoms with Crippen LogP contribution in [0.1, 0.15) is 5.56 Å². The van der Waals surface area contributed by atoms with Crippen LogP contribution >= 0.6 is 23.2 Å². The molecule has 3 N–H and O–H groups in total. The SMILES string of the molecule is NC(=O)C1Cc2cc(F)cc(-c3c(Cl)cc(O)cc3Cl)c2O1. The molecule has 0 aromatic heterocycles. The molecular weight excluding hydrogens is 332 g/mol. The zero-order valence-corrected chi connectivity index (χ0v) is 12.6. The van der Waals surface area contributed by atoms with Gasteiger partial charge in [0.15, 0.2) is 6.10 Å². The van der Waals surface area contributed by atoms with Crippen molar-refractivity contribution >= 4 is 29.1 Å². The molecule has 0 fully saturated rings. The van der Waals surface area contributed by atoms with Crippen molar-refractivity contribution in [2.45, 2.75) is 12.5 Å². The standard InChI is InChI=1S/C15H10Cl2FNO3/c16-10-4-8(20)5-11(17)13(10)9-3-7(18)1-6-2-12(15(19)21)22-14(6)9/h1,3-5,12,20H,2H2,(H2,19,21). The Morgan fingerprint density at radius 1 is 1.27 bits per heavy atom. The van der Waals surface area contributed by atoms with E-state index in [0.717, 1.165) is 0 Å². The fourth-order valence-corrected chi connectivity index (χ4v) is 3.17. The van der Waals surface area contributed by atoms with E-state index in [0.29, 0.717) is 22.4 Å². The Kier molecular flexibility index (Phi) is 3.62. The zero-order chi connectivity index (χ0) is 16.0. The van der Waals surface area contributed by atoms with Gasteiger partial charge >= 0.3 is 0 Å². The predicted molar refractivity (Wildman–Crippen MR) is 80.8 cm³/mol. The van der Waals surface area contributed by atoms with Crippen LogP contribution in [0, 0.1) is 5.82 Å². The van der Waals surface area contributed by atoms with E-state index in [1.54, 1.807) is 0 Å². The summed E-state index contributed by atoms with van der Waals surface area (Å²) in [6.07, 6.45) is -0.673. The van der Waals surface area contributed by atoms with E-state index in [2.05, 4.69) is 0 Å². The predicted octanol–water partition coefficient (Wildman–Crippen LogP) is 3.29. The van der Waals surface area contributed by atoms with Crippen LogP contribution in [-0.4, -0.2) is 17.1 Å². The summed E-state index contributed by atoms with van der Waals surface area (Å²) in [7, 11) is 0. The summed E-state index contributed by atoms with van der Waals surface area (Å²) in [5.74, 6) is -0.935. The van der Waals surface area contributed by atoms with Gasteiger partial charge in [-0.05, 0) is 24.3 Å². The van der Waals surface area contributed by atoms with Crippen molar-refractivity contribution in [3.8, 4) is 22.6 Å². The maximum atomic E-state index is 13.9. The van der Waals surface area contributed by atoms with Crippen molar-refractivity contribution in [3.63, 3.8) is 0 Å². The highest BCUT2D eigenvalue weighted by molar-refractivity contribution is 6.39. The Balaban J connectivity index is 2.21. The summed E-state index contributed by atoms with van der Waals surface area (Å²) in [4.78, 5) is 11.3. The molecule has 0 saturated carbocycles. The largest absolute Gasteiger partial charge is 0.508 e. The molecule has 1 atom stereocenters. The first-order valence-electron chi connectivity index (χ1n) is 6.33. The summed E-state index contributed by atoms with van der Waals surface area (Å²) in [5.41, 5.74) is 6.39. The number of aromatic hydroxyl groups is 1. The number of phenols is 1. The first-order valence-corrected chi connectivity index (χ1v) is 7.09. The number of benzene rings is 2. The molecule has 1 heterocycles. The molecule has 2 aromatic rings. The number of hydrogen-bond donors (Lipinski definition) is 2. The van der Waals surface area contributed by atoms with Gasteiger partial charge in [-0.3, -0.25) is 4.79 Å². The van der Waals surface area contributed by atoms with Gasteiger partial charge in [0.2, 0.25) is 0 Å². The summed E-state index contributed by atoms with van der Waals surface area (Å²) >= 11 is 12.2. The second kappa shape index (κ2) is 5.34. The quantitative estimate of drug-likeness (QED) is 0.880. The summed E-state index contributed by atoms with van der Waals surface area (Å²) < 4.78 is 19.4. The Hall–Kier alpha value is -1.98. The molecule has 1 aliphatic rings. The number of carbonyl (C=O) groups is 1. The lowest BCUT2D eigenvalue weighted by Crippen LogP contribution is -2.32. The molecule has 22 heavy (non-hydrogen) atoms. The van der Waals surface area contributed by atoms with Crippen molar-refractivity contribution in [2.24, 2.45) is 5.73 Å². The highest BCUT2D eigenvalue weighted by atomic mass is 35.5. The van der Waals surface area contributed by atoms with Crippen LogP contribution in [0.2, 0.25) is 10.0 Å². The first-order chi connectivity index (χ1) is 10.4. The van der Waals surface area contributed by atoms with Crippen molar-refractivity contribution < 1.29 is 19.0 Å². The maximum absolute atomic E-state index is 13.9. The molecule has 3 rings (SSSR count). The minimum atomic E-state index is -0.856. The number of ether oxygens (including phenoxy) is 1. The molecule has 7 heteroatoms. The van der Waals surface area contributed by atoms with Crippen LogP contribution in [0.5, 0.6) is 11.5 Å². The van der Waals surface area contributed by atoms with Crippen LogP contribution < -0.4 is 10.5 Å². The number of rotatable bonds is 2. The van der Waals surface area contributed by atoms with E-state index in [-0.39, 0.29) is 22.2 Å². The molecule has 2 aromatic carbocycles. The maximum Gasteiger partial charge on any atom is 0.258 e. The Labute approximate surface area is 135 Å². The second-order valence-corrected chi connectivity index (χ2v) is 5.75. The van der Waals surface area contributed by atoms with Gasteiger partial charge in [-0.25, -0.2) is 4.39 Å². The lowest BCUT2D eigenvalue weighted by atomic mass is 10.00. The highest BCUT2D eigenvalue weighted by Crippen LogP contribution is 2.45. The molecule has 1 aliphatic heterocycles. The molecule has 0 bridgehead atoms. The monoisotopic (exact) mass is 341 g/mol. The van der Waals surface area contributed by atoms with Gasteiger partial charge < -0.3 is 15.6 Å². The van der Waals surface area contributed by atoms with E-state index < -0.39 is 17.8 Å². The zero-order valence-electron chi connectivity index (χ0n) is 11.1. The summed E-state index contributed by atoms with van der Waals surface area (Å²) in [6, 6.07) is 5.08. The number of nitrogens with two attached hydrogens (primary N) is 1. The lowest BCUT2D eigenvalue weighted by molar-refractivity contribution is -0.123. The molecule has 114 valence electrons. The second-order valence-electron chi connectivity index (χ2n) is 4.94. The van der Waals surface area contributed by atoms with Crippen LogP contribution in [0.3, 0.4) is 0 Å². The number of fused-ring (bicyclic) bond motifs is 1. The van der Waals surface area contributed by atoms with Crippen LogP contribution in [0.15, 0.2) is 24.3 Å². The van der Waals surface area contributed by atoms with Gasteiger partial charge in [-0.15, -0.1) is 0 Å². The fourth-order valence-electron chi connectivity index (χ4n) is 2.49. The third kappa shape index (κ3) is 2.46. The van der Waals surface area contributed by atoms with Gasteiger partial charge in [-0.1, -0.05) is 23.2 Å². The molecular formula is C15H10Cl2FNO3. The molecule has 4 nitrogen and oxygen atoms in total. The smallest absolute Gasteiger partial charge is 0.258 e. The molecule has 0 aliphatic carbocycles. The summed E-state index contributed by atoms with van der Waals surface area (Å²) in [5, 5.41) is 9.78. The first kappa shape index (κ1) is 14.9. The number of amides is 1. The molecule has 1 unspecified atom stereocenters. The van der Waals surface area contributed by atoms with Crippen molar-refractivity contribution in [1.82, 2.24) is 0 Å².